The Morgan fingerprint density at radius 3 is 2.64 bits per heavy atom. The second-order valence-electron chi connectivity index (χ2n) is 4.62. The molecule has 1 aromatic heterocycles. The molecule has 2 N–H and O–H groups in total. The van der Waals surface area contributed by atoms with Crippen LogP contribution in [-0.4, -0.2) is 23.3 Å². The van der Waals surface area contributed by atoms with Gasteiger partial charge in [-0.2, -0.15) is 0 Å². The van der Waals surface area contributed by atoms with Crippen molar-refractivity contribution in [1.82, 2.24) is 15.6 Å². The zero-order valence-corrected chi connectivity index (χ0v) is 11.9. The zero-order valence-electron chi connectivity index (χ0n) is 11.9. The normalized spacial score (nSPS) is 10.0. The van der Waals surface area contributed by atoms with Gasteiger partial charge in [-0.05, 0) is 23.8 Å². The van der Waals surface area contributed by atoms with Crippen molar-refractivity contribution in [3.63, 3.8) is 0 Å². The molecule has 0 spiro atoms. The minimum Gasteiger partial charge on any atom is -0.352 e. The number of hydrogen-bond donors (Lipinski definition) is 2. The van der Waals surface area contributed by atoms with Crippen molar-refractivity contribution in [1.29, 1.82) is 0 Å². The Morgan fingerprint density at radius 2 is 1.91 bits per heavy atom. The summed E-state index contributed by atoms with van der Waals surface area (Å²) in [4.78, 5) is 27.3. The summed E-state index contributed by atoms with van der Waals surface area (Å²) < 4.78 is 13.4. The maximum atomic E-state index is 13.4. The highest BCUT2D eigenvalue weighted by molar-refractivity contribution is 5.94. The fourth-order valence-electron chi connectivity index (χ4n) is 1.82. The summed E-state index contributed by atoms with van der Waals surface area (Å²) in [6.45, 7) is 0.528. The van der Waals surface area contributed by atoms with Crippen LogP contribution in [0.1, 0.15) is 22.3 Å². The van der Waals surface area contributed by atoms with Crippen LogP contribution in [0.2, 0.25) is 0 Å². The second-order valence-corrected chi connectivity index (χ2v) is 4.62. The van der Waals surface area contributed by atoms with Gasteiger partial charge in [0.05, 0.1) is 5.56 Å². The average Bonchev–Trinajstić information content (AvgIpc) is 2.54. The van der Waals surface area contributed by atoms with E-state index in [1.165, 1.54) is 18.2 Å². The van der Waals surface area contributed by atoms with Gasteiger partial charge in [0.25, 0.3) is 5.91 Å². The topological polar surface area (TPSA) is 71.1 Å². The third kappa shape index (κ3) is 4.66. The maximum absolute atomic E-state index is 13.4. The van der Waals surface area contributed by atoms with E-state index in [-0.39, 0.29) is 24.4 Å². The van der Waals surface area contributed by atoms with Crippen LogP contribution >= 0.6 is 0 Å². The Balaban J connectivity index is 1.71. The molecule has 0 atom stereocenters. The van der Waals surface area contributed by atoms with Crippen LogP contribution in [0.5, 0.6) is 0 Å². The summed E-state index contributed by atoms with van der Waals surface area (Å²) in [7, 11) is 0. The summed E-state index contributed by atoms with van der Waals surface area (Å²) in [5, 5.41) is 5.24. The van der Waals surface area contributed by atoms with Crippen LogP contribution in [0.4, 0.5) is 4.39 Å². The lowest BCUT2D eigenvalue weighted by Gasteiger charge is -2.07. The van der Waals surface area contributed by atoms with E-state index in [9.17, 15) is 14.0 Å². The molecule has 0 saturated carbocycles. The summed E-state index contributed by atoms with van der Waals surface area (Å²) in [6.07, 6.45) is 3.45. The molecule has 2 aromatic rings. The summed E-state index contributed by atoms with van der Waals surface area (Å²) in [5.41, 5.74) is 0.865. The van der Waals surface area contributed by atoms with Gasteiger partial charge in [0.2, 0.25) is 5.91 Å². The van der Waals surface area contributed by atoms with Crippen LogP contribution < -0.4 is 10.6 Å². The SMILES string of the molecule is O=C(CCNC(=O)c1ccccc1F)NCc1cccnc1. The number of pyridine rings is 1. The van der Waals surface area contributed by atoms with Crippen LogP contribution in [0, 0.1) is 5.82 Å². The maximum Gasteiger partial charge on any atom is 0.254 e. The first-order valence-electron chi connectivity index (χ1n) is 6.85. The van der Waals surface area contributed by atoms with Crippen molar-refractivity contribution in [2.45, 2.75) is 13.0 Å². The van der Waals surface area contributed by atoms with Gasteiger partial charge < -0.3 is 10.6 Å². The number of rotatable bonds is 6. The molecule has 0 aliphatic carbocycles. The van der Waals surface area contributed by atoms with Crippen molar-refractivity contribution in [2.75, 3.05) is 6.54 Å². The molecule has 0 aliphatic heterocycles. The Hall–Kier alpha value is -2.76. The monoisotopic (exact) mass is 301 g/mol. The first kappa shape index (κ1) is 15.6. The van der Waals surface area contributed by atoms with Gasteiger partial charge in [0.1, 0.15) is 5.82 Å². The standard InChI is InChI=1S/C16H16FN3O2/c17-14-6-2-1-5-13(14)16(22)19-9-7-15(21)20-11-12-4-3-8-18-10-12/h1-6,8,10H,7,9,11H2,(H,19,22)(H,20,21). The van der Waals surface area contributed by atoms with Crippen LogP contribution in [0.15, 0.2) is 48.8 Å². The van der Waals surface area contributed by atoms with E-state index in [0.717, 1.165) is 5.56 Å². The Kier molecular flexibility index (Phi) is 5.59. The molecule has 1 heterocycles. The fraction of sp³-hybridized carbons (Fsp3) is 0.188. The molecule has 0 fully saturated rings. The van der Waals surface area contributed by atoms with E-state index < -0.39 is 11.7 Å². The number of nitrogens with zero attached hydrogens (tertiary/aromatic N) is 1. The first-order valence-corrected chi connectivity index (χ1v) is 6.85. The highest BCUT2D eigenvalue weighted by Crippen LogP contribution is 2.05. The van der Waals surface area contributed by atoms with Gasteiger partial charge in [-0.25, -0.2) is 4.39 Å². The first-order chi connectivity index (χ1) is 10.7. The molecule has 0 unspecified atom stereocenters. The molecule has 5 nitrogen and oxygen atoms in total. The van der Waals surface area contributed by atoms with E-state index >= 15 is 0 Å². The molecular formula is C16H16FN3O2. The summed E-state index contributed by atoms with van der Waals surface area (Å²) >= 11 is 0. The molecule has 6 heteroatoms. The van der Waals surface area contributed by atoms with E-state index in [1.807, 2.05) is 6.07 Å². The number of benzene rings is 1. The number of carbonyl (C=O) groups excluding carboxylic acids is 2. The van der Waals surface area contributed by atoms with Gasteiger partial charge in [0, 0.05) is 31.9 Å². The highest BCUT2D eigenvalue weighted by Gasteiger charge is 2.10. The predicted molar refractivity (Wildman–Crippen MR) is 79.4 cm³/mol. The minimum atomic E-state index is -0.582. The number of halogens is 1. The molecule has 0 aliphatic rings. The largest absolute Gasteiger partial charge is 0.352 e. The van der Waals surface area contributed by atoms with Crippen molar-refractivity contribution >= 4 is 11.8 Å². The Labute approximate surface area is 127 Å². The smallest absolute Gasteiger partial charge is 0.254 e. The quantitative estimate of drug-likeness (QED) is 0.852. The molecule has 0 radical (unpaired) electrons. The van der Waals surface area contributed by atoms with Crippen LogP contribution in [0.25, 0.3) is 0 Å². The molecule has 0 bridgehead atoms. The van der Waals surface area contributed by atoms with Crippen molar-refractivity contribution in [3.8, 4) is 0 Å². The van der Waals surface area contributed by atoms with E-state index in [4.69, 9.17) is 0 Å². The summed E-state index contributed by atoms with van der Waals surface area (Å²) in [5.74, 6) is -1.31. The lowest BCUT2D eigenvalue weighted by molar-refractivity contribution is -0.121. The average molecular weight is 301 g/mol. The molecule has 1 aromatic carbocycles. The molecule has 114 valence electrons. The molecular weight excluding hydrogens is 285 g/mol. The zero-order chi connectivity index (χ0) is 15.8. The highest BCUT2D eigenvalue weighted by atomic mass is 19.1. The Morgan fingerprint density at radius 1 is 1.09 bits per heavy atom. The predicted octanol–water partition coefficient (Wildman–Crippen LogP) is 1.66. The van der Waals surface area contributed by atoms with Gasteiger partial charge >= 0.3 is 0 Å². The Bertz CT molecular complexity index is 647. The number of hydrogen-bond acceptors (Lipinski definition) is 3. The van der Waals surface area contributed by atoms with E-state index in [2.05, 4.69) is 15.6 Å². The molecule has 22 heavy (non-hydrogen) atoms. The molecule has 2 rings (SSSR count). The van der Waals surface area contributed by atoms with Crippen LogP contribution in [-0.2, 0) is 11.3 Å². The van der Waals surface area contributed by atoms with E-state index in [0.29, 0.717) is 6.54 Å². The minimum absolute atomic E-state index is 0.0294. The number of amides is 2. The van der Waals surface area contributed by atoms with Crippen LogP contribution in [0.3, 0.4) is 0 Å². The molecule has 2 amide bonds. The van der Waals surface area contributed by atoms with Crippen molar-refractivity contribution < 1.29 is 14.0 Å². The van der Waals surface area contributed by atoms with Gasteiger partial charge in [-0.1, -0.05) is 18.2 Å². The number of aromatic nitrogens is 1. The lowest BCUT2D eigenvalue weighted by Crippen LogP contribution is -2.30. The van der Waals surface area contributed by atoms with Gasteiger partial charge in [0.15, 0.2) is 0 Å². The van der Waals surface area contributed by atoms with Gasteiger partial charge in [-0.3, -0.25) is 14.6 Å². The number of carbonyl (C=O) groups is 2. The third-order valence-electron chi connectivity index (χ3n) is 2.97. The third-order valence-corrected chi connectivity index (χ3v) is 2.97. The van der Waals surface area contributed by atoms with Gasteiger partial charge in [-0.15, -0.1) is 0 Å². The van der Waals surface area contributed by atoms with Crippen molar-refractivity contribution in [3.05, 3.63) is 65.7 Å². The van der Waals surface area contributed by atoms with E-state index in [1.54, 1.807) is 24.5 Å². The van der Waals surface area contributed by atoms with Crippen molar-refractivity contribution in [2.24, 2.45) is 0 Å². The summed E-state index contributed by atoms with van der Waals surface area (Å²) in [6, 6.07) is 9.35. The fourth-order valence-corrected chi connectivity index (χ4v) is 1.82. The number of nitrogens with one attached hydrogen (secondary N) is 2. The second kappa shape index (κ2) is 7.87. The molecule has 0 saturated heterocycles. The lowest BCUT2D eigenvalue weighted by atomic mass is 10.2.